The number of carbonyl (C=O) groups excluding carboxylic acids is 2. The third-order valence-electron chi connectivity index (χ3n) is 4.47. The van der Waals surface area contributed by atoms with E-state index in [1.165, 1.54) is 11.3 Å². The zero-order valence-corrected chi connectivity index (χ0v) is 16.3. The van der Waals surface area contributed by atoms with Crippen LogP contribution < -0.4 is 10.2 Å². The minimum Gasteiger partial charge on any atom is -0.368 e. The smallest absolute Gasteiger partial charge is 0.264 e. The molecule has 6 heteroatoms. The van der Waals surface area contributed by atoms with Crippen LogP contribution in [0.15, 0.2) is 41.8 Å². The van der Waals surface area contributed by atoms with Gasteiger partial charge in [0.15, 0.2) is 0 Å². The van der Waals surface area contributed by atoms with Crippen LogP contribution in [-0.4, -0.2) is 42.9 Å². The van der Waals surface area contributed by atoms with Crippen molar-refractivity contribution in [3.05, 3.63) is 46.7 Å². The fourth-order valence-electron chi connectivity index (χ4n) is 2.80. The summed E-state index contributed by atoms with van der Waals surface area (Å²) in [5.74, 6) is 0.130. The standard InChI is InChI=1S/C20H25N3O2S/c1-20(2,3)19(25)21-15-6-8-16(9-7-15)22-10-12-23(13-11-22)18(24)17-5-4-14-26-17/h4-9,14H,10-13H2,1-3H3,(H,21,25). The zero-order chi connectivity index (χ0) is 18.7. The topological polar surface area (TPSA) is 52.7 Å². The van der Waals surface area contributed by atoms with Crippen molar-refractivity contribution in [1.82, 2.24) is 4.90 Å². The molecule has 1 fully saturated rings. The van der Waals surface area contributed by atoms with E-state index in [2.05, 4.69) is 10.2 Å². The molecule has 1 aromatic carbocycles. The van der Waals surface area contributed by atoms with E-state index in [1.807, 2.05) is 67.4 Å². The van der Waals surface area contributed by atoms with Crippen molar-refractivity contribution < 1.29 is 9.59 Å². The van der Waals surface area contributed by atoms with E-state index in [0.717, 1.165) is 42.4 Å². The molecule has 0 unspecified atom stereocenters. The summed E-state index contributed by atoms with van der Waals surface area (Å²) in [6, 6.07) is 11.7. The molecule has 1 aliphatic heterocycles. The first kappa shape index (κ1) is 18.5. The summed E-state index contributed by atoms with van der Waals surface area (Å²) in [5.41, 5.74) is 1.51. The largest absolute Gasteiger partial charge is 0.368 e. The van der Waals surface area contributed by atoms with Gasteiger partial charge in [-0.25, -0.2) is 0 Å². The van der Waals surface area contributed by atoms with Gasteiger partial charge in [-0.3, -0.25) is 9.59 Å². The van der Waals surface area contributed by atoms with Gasteiger partial charge in [0.25, 0.3) is 5.91 Å². The number of nitrogens with zero attached hydrogens (tertiary/aromatic N) is 2. The third kappa shape index (κ3) is 4.25. The maximum atomic E-state index is 12.4. The first-order chi connectivity index (χ1) is 12.3. The molecule has 1 aromatic heterocycles. The second-order valence-electron chi connectivity index (χ2n) is 7.51. The van der Waals surface area contributed by atoms with Crippen molar-refractivity contribution in [2.75, 3.05) is 36.4 Å². The number of benzene rings is 1. The van der Waals surface area contributed by atoms with E-state index in [9.17, 15) is 9.59 Å². The summed E-state index contributed by atoms with van der Waals surface area (Å²) in [5, 5.41) is 4.87. The molecule has 26 heavy (non-hydrogen) atoms. The summed E-state index contributed by atoms with van der Waals surface area (Å²) in [6.07, 6.45) is 0. The minimum atomic E-state index is -0.413. The van der Waals surface area contributed by atoms with Gasteiger partial charge in [-0.2, -0.15) is 0 Å². The molecule has 2 aromatic rings. The van der Waals surface area contributed by atoms with Gasteiger partial charge in [0, 0.05) is 43.0 Å². The van der Waals surface area contributed by atoms with E-state index >= 15 is 0 Å². The lowest BCUT2D eigenvalue weighted by molar-refractivity contribution is -0.123. The molecule has 0 saturated carbocycles. The van der Waals surface area contributed by atoms with Crippen LogP contribution in [0.1, 0.15) is 30.4 Å². The second-order valence-corrected chi connectivity index (χ2v) is 8.46. The van der Waals surface area contributed by atoms with Gasteiger partial charge in [-0.15, -0.1) is 11.3 Å². The molecule has 2 heterocycles. The Kier molecular flexibility index (Phi) is 5.32. The van der Waals surface area contributed by atoms with Crippen molar-refractivity contribution in [3.8, 4) is 0 Å². The van der Waals surface area contributed by atoms with Crippen molar-refractivity contribution in [2.24, 2.45) is 5.41 Å². The quantitative estimate of drug-likeness (QED) is 0.895. The van der Waals surface area contributed by atoms with Crippen molar-refractivity contribution >= 4 is 34.5 Å². The van der Waals surface area contributed by atoms with Crippen LogP contribution in [0.4, 0.5) is 11.4 Å². The Morgan fingerprint density at radius 3 is 2.19 bits per heavy atom. The van der Waals surface area contributed by atoms with Gasteiger partial charge in [0.05, 0.1) is 4.88 Å². The number of amides is 2. The van der Waals surface area contributed by atoms with Gasteiger partial charge >= 0.3 is 0 Å². The molecule has 138 valence electrons. The molecular weight excluding hydrogens is 346 g/mol. The maximum absolute atomic E-state index is 12.4. The highest BCUT2D eigenvalue weighted by Gasteiger charge is 2.23. The Balaban J connectivity index is 1.56. The molecule has 5 nitrogen and oxygen atoms in total. The van der Waals surface area contributed by atoms with E-state index in [1.54, 1.807) is 0 Å². The Morgan fingerprint density at radius 1 is 1.00 bits per heavy atom. The number of thiophene rings is 1. The maximum Gasteiger partial charge on any atom is 0.264 e. The summed E-state index contributed by atoms with van der Waals surface area (Å²) in [7, 11) is 0. The third-order valence-corrected chi connectivity index (χ3v) is 5.33. The van der Waals surface area contributed by atoms with Gasteiger partial charge in [-0.05, 0) is 35.7 Å². The van der Waals surface area contributed by atoms with Crippen LogP contribution in [0.5, 0.6) is 0 Å². The molecule has 0 radical (unpaired) electrons. The Hall–Kier alpha value is -2.34. The first-order valence-electron chi connectivity index (χ1n) is 8.84. The predicted octanol–water partition coefficient (Wildman–Crippen LogP) is 3.70. The summed E-state index contributed by atoms with van der Waals surface area (Å²) >= 11 is 1.49. The number of nitrogens with one attached hydrogen (secondary N) is 1. The highest BCUT2D eigenvalue weighted by Crippen LogP contribution is 2.22. The molecular formula is C20H25N3O2S. The molecule has 0 aliphatic carbocycles. The predicted molar refractivity (Wildman–Crippen MR) is 107 cm³/mol. The first-order valence-corrected chi connectivity index (χ1v) is 9.72. The zero-order valence-electron chi connectivity index (χ0n) is 15.5. The van der Waals surface area contributed by atoms with Crippen LogP contribution in [0.25, 0.3) is 0 Å². The van der Waals surface area contributed by atoms with Crippen molar-refractivity contribution in [3.63, 3.8) is 0 Å². The monoisotopic (exact) mass is 371 g/mol. The molecule has 1 saturated heterocycles. The average Bonchev–Trinajstić information content (AvgIpc) is 3.16. The summed E-state index contributed by atoms with van der Waals surface area (Å²) < 4.78 is 0. The highest BCUT2D eigenvalue weighted by molar-refractivity contribution is 7.12. The number of piperazine rings is 1. The number of hydrogen-bond donors (Lipinski definition) is 1. The molecule has 1 aliphatic rings. The van der Waals surface area contributed by atoms with Crippen molar-refractivity contribution in [2.45, 2.75) is 20.8 Å². The number of anilines is 2. The van der Waals surface area contributed by atoms with E-state index in [4.69, 9.17) is 0 Å². The SMILES string of the molecule is CC(C)(C)C(=O)Nc1ccc(N2CCN(C(=O)c3cccs3)CC2)cc1. The highest BCUT2D eigenvalue weighted by atomic mass is 32.1. The van der Waals surface area contributed by atoms with Crippen LogP contribution in [0.2, 0.25) is 0 Å². The molecule has 3 rings (SSSR count). The summed E-state index contributed by atoms with van der Waals surface area (Å²) in [6.45, 7) is 8.75. The Morgan fingerprint density at radius 2 is 1.65 bits per heavy atom. The summed E-state index contributed by atoms with van der Waals surface area (Å²) in [4.78, 5) is 29.5. The lowest BCUT2D eigenvalue weighted by Crippen LogP contribution is -2.48. The molecule has 0 atom stereocenters. The fraction of sp³-hybridized carbons (Fsp3) is 0.400. The van der Waals surface area contributed by atoms with E-state index in [0.29, 0.717) is 0 Å². The Bertz CT molecular complexity index is 755. The molecule has 2 amide bonds. The van der Waals surface area contributed by atoms with Crippen LogP contribution in [0.3, 0.4) is 0 Å². The van der Waals surface area contributed by atoms with Gasteiger partial charge in [0.2, 0.25) is 5.91 Å². The lowest BCUT2D eigenvalue weighted by Gasteiger charge is -2.36. The van der Waals surface area contributed by atoms with E-state index < -0.39 is 5.41 Å². The number of hydrogen-bond acceptors (Lipinski definition) is 4. The van der Waals surface area contributed by atoms with E-state index in [-0.39, 0.29) is 11.8 Å². The molecule has 1 N–H and O–H groups in total. The average molecular weight is 372 g/mol. The van der Waals surface area contributed by atoms with Gasteiger partial charge in [-0.1, -0.05) is 26.8 Å². The number of carbonyl (C=O) groups is 2. The Labute approximate surface area is 158 Å². The van der Waals surface area contributed by atoms with Gasteiger partial charge in [0.1, 0.15) is 0 Å². The van der Waals surface area contributed by atoms with Gasteiger partial charge < -0.3 is 15.1 Å². The van der Waals surface area contributed by atoms with Crippen LogP contribution >= 0.6 is 11.3 Å². The van der Waals surface area contributed by atoms with Crippen LogP contribution in [0, 0.1) is 5.41 Å². The number of rotatable bonds is 3. The molecule has 0 spiro atoms. The van der Waals surface area contributed by atoms with Crippen LogP contribution in [-0.2, 0) is 4.79 Å². The normalized spacial score (nSPS) is 15.0. The second kappa shape index (κ2) is 7.50. The fourth-order valence-corrected chi connectivity index (χ4v) is 3.49. The minimum absolute atomic E-state index is 0.00551. The molecule has 0 bridgehead atoms. The van der Waals surface area contributed by atoms with Crippen molar-refractivity contribution in [1.29, 1.82) is 0 Å². The lowest BCUT2D eigenvalue weighted by atomic mass is 9.95.